The Morgan fingerprint density at radius 3 is 2.25 bits per heavy atom. The van der Waals surface area contributed by atoms with E-state index in [9.17, 15) is 4.79 Å². The molecule has 1 saturated carbocycles. The lowest BCUT2D eigenvalue weighted by molar-refractivity contribution is -0.145. The van der Waals surface area contributed by atoms with E-state index < -0.39 is 5.60 Å². The summed E-state index contributed by atoms with van der Waals surface area (Å²) in [5.41, 5.74) is 3.01. The molecule has 0 amide bonds. The summed E-state index contributed by atoms with van der Waals surface area (Å²) in [5.74, 6) is 0.962. The van der Waals surface area contributed by atoms with E-state index in [4.69, 9.17) is 4.74 Å². The zero-order valence-corrected chi connectivity index (χ0v) is 13.2. The van der Waals surface area contributed by atoms with Crippen LogP contribution in [-0.2, 0) is 16.0 Å². The number of ether oxygens (including phenoxy) is 1. The number of hydrogen-bond donors (Lipinski definition) is 0. The van der Waals surface area contributed by atoms with Crippen LogP contribution in [0.2, 0.25) is 0 Å². The van der Waals surface area contributed by atoms with E-state index in [-0.39, 0.29) is 5.78 Å². The van der Waals surface area contributed by atoms with Crippen molar-refractivity contribution in [1.29, 1.82) is 0 Å². The molecular weight excluding hydrogens is 248 g/mol. The number of aryl methyl sites for hydroxylation is 2. The van der Waals surface area contributed by atoms with E-state index in [1.807, 2.05) is 0 Å². The standard InChI is InChI=1S/C18H26O2/c1-13-5-7-18(20-4,8-6-13)17(19)12-16-10-14(2)9-15(3)11-16/h9-11,13H,5-8,12H2,1-4H3. The van der Waals surface area contributed by atoms with Crippen LogP contribution in [0.1, 0.15) is 49.3 Å². The summed E-state index contributed by atoms with van der Waals surface area (Å²) >= 11 is 0. The molecule has 0 aromatic heterocycles. The highest BCUT2D eigenvalue weighted by molar-refractivity contribution is 5.89. The number of hydrogen-bond acceptors (Lipinski definition) is 2. The Morgan fingerprint density at radius 2 is 1.75 bits per heavy atom. The number of carbonyl (C=O) groups is 1. The van der Waals surface area contributed by atoms with Crippen LogP contribution in [0.15, 0.2) is 18.2 Å². The van der Waals surface area contributed by atoms with Crippen molar-refractivity contribution in [2.24, 2.45) is 5.92 Å². The first-order valence-electron chi connectivity index (χ1n) is 7.61. The highest BCUT2D eigenvalue weighted by atomic mass is 16.5. The maximum Gasteiger partial charge on any atom is 0.168 e. The van der Waals surface area contributed by atoms with Gasteiger partial charge >= 0.3 is 0 Å². The van der Waals surface area contributed by atoms with E-state index in [0.29, 0.717) is 12.3 Å². The molecule has 2 rings (SSSR count). The van der Waals surface area contributed by atoms with Crippen molar-refractivity contribution < 1.29 is 9.53 Å². The van der Waals surface area contributed by atoms with E-state index in [1.165, 1.54) is 11.1 Å². The molecule has 110 valence electrons. The first kappa shape index (κ1) is 15.2. The molecule has 0 aliphatic heterocycles. The number of benzene rings is 1. The average Bonchev–Trinajstić information content (AvgIpc) is 2.38. The molecule has 1 aromatic rings. The summed E-state index contributed by atoms with van der Waals surface area (Å²) in [6, 6.07) is 6.36. The molecule has 1 aromatic carbocycles. The van der Waals surface area contributed by atoms with Gasteiger partial charge in [0.1, 0.15) is 5.60 Å². The molecule has 1 aliphatic carbocycles. The highest BCUT2D eigenvalue weighted by Crippen LogP contribution is 2.35. The van der Waals surface area contributed by atoms with E-state index in [0.717, 1.165) is 31.2 Å². The van der Waals surface area contributed by atoms with Crippen molar-refractivity contribution in [3.8, 4) is 0 Å². The quantitative estimate of drug-likeness (QED) is 0.829. The van der Waals surface area contributed by atoms with Gasteiger partial charge in [-0.15, -0.1) is 0 Å². The van der Waals surface area contributed by atoms with Gasteiger partial charge in [0, 0.05) is 13.5 Å². The number of rotatable bonds is 4. The van der Waals surface area contributed by atoms with Gasteiger partial charge in [-0.2, -0.15) is 0 Å². The van der Waals surface area contributed by atoms with Crippen molar-refractivity contribution in [3.63, 3.8) is 0 Å². The number of ketones is 1. The van der Waals surface area contributed by atoms with Gasteiger partial charge < -0.3 is 4.74 Å². The zero-order chi connectivity index (χ0) is 14.8. The minimum Gasteiger partial charge on any atom is -0.370 e. The van der Waals surface area contributed by atoms with Crippen LogP contribution in [-0.4, -0.2) is 18.5 Å². The topological polar surface area (TPSA) is 26.3 Å². The Hall–Kier alpha value is -1.15. The molecule has 2 nitrogen and oxygen atoms in total. The maximum atomic E-state index is 12.7. The molecule has 0 saturated heterocycles. The Bertz CT molecular complexity index is 462. The monoisotopic (exact) mass is 274 g/mol. The smallest absolute Gasteiger partial charge is 0.168 e. The summed E-state index contributed by atoms with van der Waals surface area (Å²) in [7, 11) is 1.69. The van der Waals surface area contributed by atoms with Crippen LogP contribution >= 0.6 is 0 Å². The van der Waals surface area contributed by atoms with Crippen LogP contribution in [0, 0.1) is 19.8 Å². The summed E-state index contributed by atoms with van der Waals surface area (Å²) in [4.78, 5) is 12.7. The Kier molecular flexibility index (Phi) is 4.64. The lowest BCUT2D eigenvalue weighted by Crippen LogP contribution is -2.44. The van der Waals surface area contributed by atoms with Crippen LogP contribution in [0.4, 0.5) is 0 Å². The molecule has 20 heavy (non-hydrogen) atoms. The van der Waals surface area contributed by atoms with E-state index >= 15 is 0 Å². The molecule has 0 radical (unpaired) electrons. The fourth-order valence-corrected chi connectivity index (χ4v) is 3.34. The third-order valence-electron chi connectivity index (χ3n) is 4.63. The van der Waals surface area contributed by atoms with Crippen molar-refractivity contribution in [2.45, 2.75) is 58.5 Å². The van der Waals surface area contributed by atoms with Crippen LogP contribution < -0.4 is 0 Å². The number of methoxy groups -OCH3 is 1. The first-order chi connectivity index (χ1) is 9.45. The first-order valence-corrected chi connectivity index (χ1v) is 7.61. The van der Waals surface area contributed by atoms with Crippen LogP contribution in [0.3, 0.4) is 0 Å². The maximum absolute atomic E-state index is 12.7. The lowest BCUT2D eigenvalue weighted by atomic mass is 9.76. The molecule has 2 heteroatoms. The second-order valence-corrected chi connectivity index (χ2v) is 6.48. The molecule has 1 fully saturated rings. The van der Waals surface area contributed by atoms with Crippen LogP contribution in [0.25, 0.3) is 0 Å². The van der Waals surface area contributed by atoms with Crippen molar-refractivity contribution in [2.75, 3.05) is 7.11 Å². The van der Waals surface area contributed by atoms with Gasteiger partial charge in [0.25, 0.3) is 0 Å². The molecular formula is C18H26O2. The predicted octanol–water partition coefficient (Wildman–Crippen LogP) is 4.01. The lowest BCUT2D eigenvalue weighted by Gasteiger charge is -2.37. The highest BCUT2D eigenvalue weighted by Gasteiger charge is 2.40. The van der Waals surface area contributed by atoms with Crippen molar-refractivity contribution in [1.82, 2.24) is 0 Å². The van der Waals surface area contributed by atoms with Gasteiger partial charge in [0.05, 0.1) is 0 Å². The molecule has 0 N–H and O–H groups in total. The SMILES string of the molecule is COC1(C(=O)Cc2cc(C)cc(C)c2)CCC(C)CC1. The van der Waals surface area contributed by atoms with Crippen molar-refractivity contribution in [3.05, 3.63) is 34.9 Å². The average molecular weight is 274 g/mol. The second-order valence-electron chi connectivity index (χ2n) is 6.48. The number of carbonyl (C=O) groups excluding carboxylic acids is 1. The van der Waals surface area contributed by atoms with Crippen LogP contribution in [0.5, 0.6) is 0 Å². The van der Waals surface area contributed by atoms with Gasteiger partial charge in [-0.3, -0.25) is 4.79 Å². The predicted molar refractivity (Wildman–Crippen MR) is 82.0 cm³/mol. The Morgan fingerprint density at radius 1 is 1.20 bits per heavy atom. The zero-order valence-electron chi connectivity index (χ0n) is 13.2. The van der Waals surface area contributed by atoms with Gasteiger partial charge in [-0.05, 0) is 51.0 Å². The van der Waals surface area contributed by atoms with Gasteiger partial charge in [-0.25, -0.2) is 0 Å². The fourth-order valence-electron chi connectivity index (χ4n) is 3.34. The minimum absolute atomic E-state index is 0.247. The van der Waals surface area contributed by atoms with Gasteiger partial charge in [-0.1, -0.05) is 36.2 Å². The molecule has 0 atom stereocenters. The minimum atomic E-state index is -0.538. The Labute approximate surface area is 122 Å². The normalized spacial score (nSPS) is 26.5. The molecule has 1 aliphatic rings. The summed E-state index contributed by atoms with van der Waals surface area (Å²) in [6.07, 6.45) is 4.41. The molecule has 0 spiro atoms. The molecule has 0 bridgehead atoms. The summed E-state index contributed by atoms with van der Waals surface area (Å²) in [5, 5.41) is 0. The Balaban J connectivity index is 2.13. The van der Waals surface area contributed by atoms with Gasteiger partial charge in [0.15, 0.2) is 5.78 Å². The third kappa shape index (κ3) is 3.29. The number of Topliss-reactive ketones (excluding diaryl/α,β-unsaturated/α-hetero) is 1. The fraction of sp³-hybridized carbons (Fsp3) is 0.611. The largest absolute Gasteiger partial charge is 0.370 e. The van der Waals surface area contributed by atoms with E-state index in [1.54, 1.807) is 7.11 Å². The molecule has 0 unspecified atom stereocenters. The second kappa shape index (κ2) is 6.09. The van der Waals surface area contributed by atoms with Crippen molar-refractivity contribution >= 4 is 5.78 Å². The third-order valence-corrected chi connectivity index (χ3v) is 4.63. The van der Waals surface area contributed by atoms with E-state index in [2.05, 4.69) is 39.0 Å². The summed E-state index contributed by atoms with van der Waals surface area (Å²) < 4.78 is 5.67. The molecule has 0 heterocycles. The van der Waals surface area contributed by atoms with Gasteiger partial charge in [0.2, 0.25) is 0 Å². The summed E-state index contributed by atoms with van der Waals surface area (Å²) in [6.45, 7) is 6.42.